The predicted octanol–water partition coefficient (Wildman–Crippen LogP) is 4.50. The molecular formula is C24H26F6LiO4P. The second-order valence-corrected chi connectivity index (χ2v) is 9.49. The summed E-state index contributed by atoms with van der Waals surface area (Å²) in [5.74, 6) is 0.424. The van der Waals surface area contributed by atoms with E-state index < -0.39 is 55.4 Å². The van der Waals surface area contributed by atoms with Crippen molar-refractivity contribution in [3.05, 3.63) is 47.0 Å². The fourth-order valence-corrected chi connectivity index (χ4v) is 4.12. The van der Waals surface area contributed by atoms with Crippen molar-refractivity contribution < 1.29 is 64.2 Å². The minimum Gasteiger partial charge on any atom is -0.493 e. The van der Waals surface area contributed by atoms with E-state index in [1.54, 1.807) is 41.5 Å². The molecule has 0 spiro atoms. The molecular weight excluding hydrogens is 504 g/mol. The van der Waals surface area contributed by atoms with Crippen molar-refractivity contribution in [1.82, 2.24) is 0 Å². The standard InChI is InChI=1S/C24H26F6O4P.Li/c1-12(2)32-15-10-18(33-13(3)4)21(19(11-15)34-14(5)6)35-22(31)20-16(23(25,26)27)8-7-9-17(20)24(28,29)30;/h7-14H,1-6H3;/q-1;+1. The largest absolute Gasteiger partial charge is 1.00 e. The number of alkyl halides is 6. The van der Waals surface area contributed by atoms with E-state index in [1.165, 1.54) is 12.1 Å². The van der Waals surface area contributed by atoms with E-state index in [-0.39, 0.29) is 41.8 Å². The molecule has 0 aliphatic rings. The van der Waals surface area contributed by atoms with Gasteiger partial charge in [0.2, 0.25) is 0 Å². The Bertz CT molecular complexity index is 989. The van der Waals surface area contributed by atoms with E-state index in [9.17, 15) is 31.1 Å². The zero-order valence-electron chi connectivity index (χ0n) is 21.0. The van der Waals surface area contributed by atoms with Crippen molar-refractivity contribution in [2.24, 2.45) is 0 Å². The topological polar surface area (TPSA) is 44.8 Å². The molecule has 0 aliphatic carbocycles. The molecule has 0 radical (unpaired) electrons. The van der Waals surface area contributed by atoms with Crippen molar-refractivity contribution in [3.8, 4) is 17.2 Å². The van der Waals surface area contributed by atoms with Gasteiger partial charge in [-0.2, -0.15) is 26.3 Å². The van der Waals surface area contributed by atoms with Gasteiger partial charge in [0.25, 0.3) is 0 Å². The molecule has 0 amide bonds. The summed E-state index contributed by atoms with van der Waals surface area (Å²) >= 11 is 0. The van der Waals surface area contributed by atoms with E-state index in [4.69, 9.17) is 14.2 Å². The number of hydrogen-bond acceptors (Lipinski definition) is 4. The van der Waals surface area contributed by atoms with Gasteiger partial charge in [0, 0.05) is 23.2 Å². The SMILES string of the molecule is CC(C)Oc1cc(OC(C)C)c([P-]C(=O)c2c(C(F)(F)F)cccc2C(F)(F)F)c(OC(C)C)c1.[Li+]. The molecule has 0 atom stereocenters. The van der Waals surface area contributed by atoms with E-state index in [0.717, 1.165) is 0 Å². The number of rotatable bonds is 9. The second-order valence-electron chi connectivity index (χ2n) is 8.41. The molecule has 0 heterocycles. The summed E-state index contributed by atoms with van der Waals surface area (Å²) in [5, 5.41) is -0.00129. The minimum atomic E-state index is -5.18. The van der Waals surface area contributed by atoms with Crippen LogP contribution in [-0.2, 0) is 12.4 Å². The smallest absolute Gasteiger partial charge is 0.493 e. The zero-order chi connectivity index (χ0) is 26.7. The Kier molecular flexibility index (Phi) is 11.2. The number of carbonyl (C=O) groups is 1. The molecule has 0 saturated carbocycles. The average molecular weight is 530 g/mol. The van der Waals surface area contributed by atoms with Crippen molar-refractivity contribution in [2.75, 3.05) is 0 Å². The summed E-state index contributed by atoms with van der Waals surface area (Å²) in [6.45, 7) is 10.3. The minimum absolute atomic E-state index is 0. The normalized spacial score (nSPS) is 12.4. The van der Waals surface area contributed by atoms with Gasteiger partial charge in [-0.25, -0.2) is 0 Å². The molecule has 2 aromatic carbocycles. The first-order valence-electron chi connectivity index (χ1n) is 10.7. The van der Waals surface area contributed by atoms with Gasteiger partial charge in [0.1, 0.15) is 5.75 Å². The predicted molar refractivity (Wildman–Crippen MR) is 121 cm³/mol. The van der Waals surface area contributed by atoms with Gasteiger partial charge >= 0.3 is 31.2 Å². The Balaban J connectivity index is 0.00000648. The van der Waals surface area contributed by atoms with Crippen LogP contribution < -0.4 is 38.4 Å². The molecule has 0 aliphatic heterocycles. The summed E-state index contributed by atoms with van der Waals surface area (Å²) in [6, 6.07) is 4.40. The van der Waals surface area contributed by atoms with Crippen molar-refractivity contribution in [3.63, 3.8) is 0 Å². The molecule has 0 bridgehead atoms. The Labute approximate surface area is 220 Å². The average Bonchev–Trinajstić information content (AvgIpc) is 2.67. The van der Waals surface area contributed by atoms with Crippen molar-refractivity contribution in [1.29, 1.82) is 0 Å². The number of benzene rings is 2. The maximum atomic E-state index is 13.6. The molecule has 0 saturated heterocycles. The summed E-state index contributed by atoms with van der Waals surface area (Å²) in [5.41, 5.74) is -6.18. The fourth-order valence-electron chi connectivity index (χ4n) is 3.11. The van der Waals surface area contributed by atoms with Gasteiger partial charge in [-0.3, -0.25) is 0 Å². The van der Waals surface area contributed by atoms with Gasteiger partial charge in [-0.05, 0) is 53.7 Å². The summed E-state index contributed by atoms with van der Waals surface area (Å²) < 4.78 is 98.8. The second kappa shape index (κ2) is 12.6. The van der Waals surface area contributed by atoms with Crippen LogP contribution in [0.5, 0.6) is 17.2 Å². The van der Waals surface area contributed by atoms with E-state index in [1.807, 2.05) is 0 Å². The van der Waals surface area contributed by atoms with Crippen LogP contribution in [-0.4, -0.2) is 23.8 Å². The van der Waals surface area contributed by atoms with Crippen LogP contribution in [0.2, 0.25) is 0 Å². The Morgan fingerprint density at radius 1 is 0.750 bits per heavy atom. The molecule has 2 rings (SSSR count). The van der Waals surface area contributed by atoms with Crippen LogP contribution >= 0.6 is 8.58 Å². The Hall–Kier alpha value is -1.88. The van der Waals surface area contributed by atoms with Crippen molar-refractivity contribution >= 4 is 19.4 Å². The number of hydrogen-bond donors (Lipinski definition) is 0. The first-order valence-corrected chi connectivity index (χ1v) is 11.6. The first kappa shape index (κ1) is 32.1. The molecule has 0 fully saturated rings. The molecule has 2 aromatic rings. The monoisotopic (exact) mass is 530 g/mol. The summed E-state index contributed by atoms with van der Waals surface area (Å²) in [4.78, 5) is 13.1. The van der Waals surface area contributed by atoms with Gasteiger partial charge in [0.05, 0.1) is 40.9 Å². The van der Waals surface area contributed by atoms with Crippen LogP contribution in [0.1, 0.15) is 63.0 Å². The molecule has 0 aromatic heterocycles. The van der Waals surface area contributed by atoms with Crippen LogP contribution in [0.3, 0.4) is 0 Å². The fraction of sp³-hybridized carbons (Fsp3) is 0.458. The van der Waals surface area contributed by atoms with Crippen molar-refractivity contribution in [2.45, 2.75) is 72.2 Å². The van der Waals surface area contributed by atoms with Crippen LogP contribution in [0.25, 0.3) is 0 Å². The van der Waals surface area contributed by atoms with Gasteiger partial charge in [0.15, 0.2) is 0 Å². The van der Waals surface area contributed by atoms with Crippen LogP contribution in [0, 0.1) is 0 Å². The van der Waals surface area contributed by atoms with E-state index in [0.29, 0.717) is 23.9 Å². The number of halogens is 6. The van der Waals surface area contributed by atoms with E-state index in [2.05, 4.69) is 0 Å². The Morgan fingerprint density at radius 3 is 1.47 bits per heavy atom. The quantitative estimate of drug-likeness (QED) is 0.272. The zero-order valence-corrected chi connectivity index (χ0v) is 21.9. The number of ether oxygens (including phenoxy) is 3. The Morgan fingerprint density at radius 2 is 1.14 bits per heavy atom. The first-order chi connectivity index (χ1) is 16.0. The van der Waals surface area contributed by atoms with E-state index >= 15 is 0 Å². The third-order valence-corrected chi connectivity index (χ3v) is 5.30. The van der Waals surface area contributed by atoms with Crippen LogP contribution in [0.15, 0.2) is 30.3 Å². The third-order valence-electron chi connectivity index (χ3n) is 4.21. The maximum absolute atomic E-state index is 13.6. The molecule has 194 valence electrons. The molecule has 0 N–H and O–H groups in total. The molecule has 36 heavy (non-hydrogen) atoms. The third kappa shape index (κ3) is 8.60. The molecule has 4 nitrogen and oxygen atoms in total. The molecule has 12 heteroatoms. The summed E-state index contributed by atoms with van der Waals surface area (Å²) in [7, 11) is -0.486. The summed E-state index contributed by atoms with van der Waals surface area (Å²) in [6.07, 6.45) is -11.4. The maximum Gasteiger partial charge on any atom is 1.00 e. The van der Waals surface area contributed by atoms with Gasteiger partial charge in [-0.15, -0.1) is 5.30 Å². The molecule has 0 unspecified atom stereocenters. The van der Waals surface area contributed by atoms with Crippen LogP contribution in [0.4, 0.5) is 26.3 Å². The number of carbonyl (C=O) groups excluding carboxylic acids is 1. The van der Waals surface area contributed by atoms with Gasteiger partial charge in [-0.1, -0.05) is 6.07 Å². The van der Waals surface area contributed by atoms with Gasteiger partial charge < -0.3 is 27.6 Å².